The summed E-state index contributed by atoms with van der Waals surface area (Å²) in [5, 5.41) is 11.1. The highest BCUT2D eigenvalue weighted by molar-refractivity contribution is 5.33. The predicted molar refractivity (Wildman–Crippen MR) is 115 cm³/mol. The third-order valence-corrected chi connectivity index (χ3v) is 5.68. The summed E-state index contributed by atoms with van der Waals surface area (Å²) in [6, 6.07) is 22.4. The molecule has 150 valence electrons. The van der Waals surface area contributed by atoms with E-state index in [2.05, 4.69) is 34.1 Å². The molecule has 4 nitrogen and oxygen atoms in total. The largest absolute Gasteiger partial charge is 0.489 e. The number of benzene rings is 2. The summed E-state index contributed by atoms with van der Waals surface area (Å²) in [6.07, 6.45) is 3.21. The molecule has 0 amide bonds. The summed E-state index contributed by atoms with van der Waals surface area (Å²) in [5.41, 5.74) is 3.42. The molecule has 1 aliphatic heterocycles. The molecule has 29 heavy (non-hydrogen) atoms. The van der Waals surface area contributed by atoms with Gasteiger partial charge < -0.3 is 9.84 Å². The molecule has 1 N–H and O–H groups in total. The Bertz CT molecular complexity index is 917. The second-order valence-corrected chi connectivity index (χ2v) is 7.91. The molecular weight excluding hydrogens is 360 g/mol. The maximum absolute atomic E-state index is 11.1. The van der Waals surface area contributed by atoms with Crippen LogP contribution in [0.15, 0.2) is 72.9 Å². The standard InChI is InChI=1S/C25H28N2O2/c1-20-11-12-24(26-17-20)25(28)13-15-27(16-14-25)18-22-9-5-6-10-23(22)29-19-21-7-3-2-4-8-21/h2-12,17,28H,13-16,18-19H2,1H3. The number of aromatic nitrogens is 1. The van der Waals surface area contributed by atoms with Crippen molar-refractivity contribution in [3.05, 3.63) is 95.3 Å². The second kappa shape index (κ2) is 8.76. The van der Waals surface area contributed by atoms with Crippen molar-refractivity contribution in [3.8, 4) is 5.75 Å². The number of hydrogen-bond donors (Lipinski definition) is 1. The van der Waals surface area contributed by atoms with E-state index in [1.807, 2.05) is 55.6 Å². The molecule has 3 aromatic rings. The molecule has 2 aromatic carbocycles. The van der Waals surface area contributed by atoms with Gasteiger partial charge in [-0.1, -0.05) is 54.6 Å². The lowest BCUT2D eigenvalue weighted by atomic mass is 9.87. The number of hydrogen-bond acceptors (Lipinski definition) is 4. The minimum atomic E-state index is -0.826. The van der Waals surface area contributed by atoms with E-state index in [4.69, 9.17) is 4.74 Å². The molecule has 0 saturated carbocycles. The van der Waals surface area contributed by atoms with Crippen LogP contribution in [0.5, 0.6) is 5.75 Å². The van der Waals surface area contributed by atoms with Gasteiger partial charge in [0.2, 0.25) is 0 Å². The monoisotopic (exact) mass is 388 g/mol. The van der Waals surface area contributed by atoms with Gasteiger partial charge in [-0.2, -0.15) is 0 Å². The number of nitrogens with zero attached hydrogens (tertiary/aromatic N) is 2. The Morgan fingerprint density at radius 1 is 0.966 bits per heavy atom. The first-order valence-electron chi connectivity index (χ1n) is 10.2. The molecule has 0 atom stereocenters. The highest BCUT2D eigenvalue weighted by atomic mass is 16.5. The van der Waals surface area contributed by atoms with E-state index in [9.17, 15) is 5.11 Å². The van der Waals surface area contributed by atoms with Gasteiger partial charge in [0.05, 0.1) is 5.69 Å². The number of para-hydroxylation sites is 1. The van der Waals surface area contributed by atoms with E-state index in [1.165, 1.54) is 5.56 Å². The molecule has 0 bridgehead atoms. The molecule has 1 aromatic heterocycles. The summed E-state index contributed by atoms with van der Waals surface area (Å²) < 4.78 is 6.10. The summed E-state index contributed by atoms with van der Waals surface area (Å²) in [5.74, 6) is 0.928. The van der Waals surface area contributed by atoms with Crippen molar-refractivity contribution in [1.82, 2.24) is 9.88 Å². The first-order chi connectivity index (χ1) is 14.1. The molecule has 1 saturated heterocycles. The van der Waals surface area contributed by atoms with Crippen LogP contribution in [0.2, 0.25) is 0 Å². The van der Waals surface area contributed by atoms with Crippen LogP contribution in [0.25, 0.3) is 0 Å². The van der Waals surface area contributed by atoms with Crippen molar-refractivity contribution in [2.75, 3.05) is 13.1 Å². The molecule has 0 radical (unpaired) electrons. The Labute approximate surface area is 172 Å². The number of likely N-dealkylation sites (tertiary alicyclic amines) is 1. The first kappa shape index (κ1) is 19.6. The third kappa shape index (κ3) is 4.84. The minimum Gasteiger partial charge on any atom is -0.489 e. The van der Waals surface area contributed by atoms with Crippen molar-refractivity contribution in [2.45, 2.75) is 38.5 Å². The van der Waals surface area contributed by atoms with Crippen molar-refractivity contribution >= 4 is 0 Å². The highest BCUT2D eigenvalue weighted by Crippen LogP contribution is 2.33. The zero-order valence-corrected chi connectivity index (χ0v) is 16.9. The van der Waals surface area contributed by atoms with Crippen molar-refractivity contribution in [3.63, 3.8) is 0 Å². The highest BCUT2D eigenvalue weighted by Gasteiger charge is 2.35. The van der Waals surface area contributed by atoms with Crippen molar-refractivity contribution in [2.24, 2.45) is 0 Å². The maximum Gasteiger partial charge on any atom is 0.124 e. The molecule has 1 aliphatic rings. The van der Waals surface area contributed by atoms with Crippen LogP contribution in [0.4, 0.5) is 0 Å². The van der Waals surface area contributed by atoms with Gasteiger partial charge in [-0.05, 0) is 43.0 Å². The average Bonchev–Trinajstić information content (AvgIpc) is 2.76. The van der Waals surface area contributed by atoms with Gasteiger partial charge in [0.25, 0.3) is 0 Å². The third-order valence-electron chi connectivity index (χ3n) is 5.68. The molecule has 4 heteroatoms. The van der Waals surface area contributed by atoms with E-state index in [-0.39, 0.29) is 0 Å². The van der Waals surface area contributed by atoms with E-state index in [0.717, 1.165) is 42.2 Å². The van der Waals surface area contributed by atoms with E-state index < -0.39 is 5.60 Å². The Balaban J connectivity index is 1.37. The molecule has 0 aliphatic carbocycles. The summed E-state index contributed by atoms with van der Waals surface area (Å²) in [7, 11) is 0. The number of pyridine rings is 1. The van der Waals surface area contributed by atoms with Crippen molar-refractivity contribution < 1.29 is 9.84 Å². The SMILES string of the molecule is Cc1ccc(C2(O)CCN(Cc3ccccc3OCc3ccccc3)CC2)nc1. The van der Waals surface area contributed by atoms with Crippen LogP contribution >= 0.6 is 0 Å². The van der Waals surface area contributed by atoms with Gasteiger partial charge in [-0.15, -0.1) is 0 Å². The van der Waals surface area contributed by atoms with Gasteiger partial charge in [0.1, 0.15) is 18.0 Å². The Hall–Kier alpha value is -2.69. The molecule has 0 unspecified atom stereocenters. The molecule has 4 rings (SSSR count). The van der Waals surface area contributed by atoms with E-state index in [1.54, 1.807) is 0 Å². The zero-order valence-electron chi connectivity index (χ0n) is 16.9. The minimum absolute atomic E-state index is 0.566. The average molecular weight is 389 g/mol. The number of aliphatic hydroxyl groups is 1. The first-order valence-corrected chi connectivity index (χ1v) is 10.2. The lowest BCUT2D eigenvalue weighted by Gasteiger charge is -2.38. The van der Waals surface area contributed by atoms with Gasteiger partial charge >= 0.3 is 0 Å². The fourth-order valence-corrected chi connectivity index (χ4v) is 3.83. The van der Waals surface area contributed by atoms with Gasteiger partial charge in [0.15, 0.2) is 0 Å². The van der Waals surface area contributed by atoms with Crippen LogP contribution in [-0.4, -0.2) is 28.1 Å². The number of rotatable bonds is 6. The molecule has 0 spiro atoms. The topological polar surface area (TPSA) is 45.6 Å². The Morgan fingerprint density at radius 2 is 1.69 bits per heavy atom. The fraction of sp³-hybridized carbons (Fsp3) is 0.320. The van der Waals surface area contributed by atoms with Crippen LogP contribution < -0.4 is 4.74 Å². The quantitative estimate of drug-likeness (QED) is 0.678. The summed E-state index contributed by atoms with van der Waals surface area (Å²) in [6.45, 7) is 5.07. The Kier molecular flexibility index (Phi) is 5.93. The van der Waals surface area contributed by atoms with Gasteiger partial charge in [0, 0.05) is 31.4 Å². The fourth-order valence-electron chi connectivity index (χ4n) is 3.83. The van der Waals surface area contributed by atoms with E-state index >= 15 is 0 Å². The molecule has 1 fully saturated rings. The van der Waals surface area contributed by atoms with Crippen LogP contribution in [0.1, 0.15) is 35.2 Å². The van der Waals surface area contributed by atoms with Gasteiger partial charge in [-0.3, -0.25) is 9.88 Å². The lowest BCUT2D eigenvalue weighted by molar-refractivity contribution is -0.0312. The van der Waals surface area contributed by atoms with Crippen molar-refractivity contribution in [1.29, 1.82) is 0 Å². The summed E-state index contributed by atoms with van der Waals surface area (Å²) >= 11 is 0. The lowest BCUT2D eigenvalue weighted by Crippen LogP contribution is -2.42. The second-order valence-electron chi connectivity index (χ2n) is 7.91. The molecular formula is C25H28N2O2. The number of ether oxygens (including phenoxy) is 1. The number of aryl methyl sites for hydroxylation is 1. The predicted octanol–water partition coefficient (Wildman–Crippen LogP) is 4.45. The Morgan fingerprint density at radius 3 is 2.41 bits per heavy atom. The van der Waals surface area contributed by atoms with Crippen LogP contribution in [0.3, 0.4) is 0 Å². The van der Waals surface area contributed by atoms with Crippen LogP contribution in [-0.2, 0) is 18.8 Å². The van der Waals surface area contributed by atoms with Crippen LogP contribution in [0, 0.1) is 6.92 Å². The normalized spacial score (nSPS) is 16.5. The van der Waals surface area contributed by atoms with Gasteiger partial charge in [-0.25, -0.2) is 0 Å². The van der Waals surface area contributed by atoms with E-state index in [0.29, 0.717) is 19.4 Å². The maximum atomic E-state index is 11.1. The molecule has 2 heterocycles. The number of piperidine rings is 1. The smallest absolute Gasteiger partial charge is 0.124 e. The summed E-state index contributed by atoms with van der Waals surface area (Å²) in [4.78, 5) is 6.84. The zero-order chi connectivity index (χ0) is 20.1.